The third kappa shape index (κ3) is 4.39. The highest BCUT2D eigenvalue weighted by molar-refractivity contribution is 7.17. The van der Waals surface area contributed by atoms with Crippen LogP contribution in [0.3, 0.4) is 0 Å². The number of aliphatic hydroxyl groups is 1. The number of methoxy groups -OCH3 is 1. The molecule has 37 heavy (non-hydrogen) atoms. The van der Waals surface area contributed by atoms with Crippen molar-refractivity contribution in [3.8, 4) is 16.3 Å². The number of amides is 1. The Morgan fingerprint density at radius 1 is 1.11 bits per heavy atom. The van der Waals surface area contributed by atoms with E-state index < -0.39 is 29.3 Å². The Labute approximate surface area is 221 Å². The summed E-state index contributed by atoms with van der Waals surface area (Å²) in [5, 5.41) is 11.9. The lowest BCUT2D eigenvalue weighted by molar-refractivity contribution is -0.117. The van der Waals surface area contributed by atoms with E-state index in [1.807, 2.05) is 30.3 Å². The fourth-order valence-corrected chi connectivity index (χ4v) is 5.58. The third-order valence-electron chi connectivity index (χ3n) is 6.08. The first-order valence-corrected chi connectivity index (χ1v) is 12.4. The molecule has 6 nitrogen and oxygen atoms in total. The van der Waals surface area contributed by atoms with E-state index in [-0.39, 0.29) is 10.6 Å². The number of thiazole rings is 1. The number of aryl methyl sites for hydroxylation is 1. The molecule has 186 valence electrons. The summed E-state index contributed by atoms with van der Waals surface area (Å²) in [4.78, 5) is 33.4. The topological polar surface area (TPSA) is 79.7 Å². The molecule has 9 heteroatoms. The molecule has 1 amide bonds. The van der Waals surface area contributed by atoms with E-state index in [9.17, 15) is 19.1 Å². The van der Waals surface area contributed by atoms with Crippen LogP contribution < -0.4 is 9.64 Å². The molecule has 1 aliphatic heterocycles. The molecule has 1 atom stereocenters. The molecule has 0 spiro atoms. The van der Waals surface area contributed by atoms with Crippen molar-refractivity contribution >= 4 is 40.3 Å². The molecule has 0 fully saturated rings. The zero-order chi connectivity index (χ0) is 26.3. The number of benzene rings is 3. The van der Waals surface area contributed by atoms with Crippen LogP contribution in [-0.2, 0) is 4.79 Å². The van der Waals surface area contributed by atoms with Gasteiger partial charge in [0.2, 0.25) is 5.78 Å². The Morgan fingerprint density at radius 2 is 1.81 bits per heavy atom. The predicted octanol–water partition coefficient (Wildman–Crippen LogP) is 6.70. The predicted molar refractivity (Wildman–Crippen MR) is 141 cm³/mol. The van der Waals surface area contributed by atoms with Gasteiger partial charge in [0, 0.05) is 11.3 Å². The first-order valence-electron chi connectivity index (χ1n) is 11.2. The smallest absolute Gasteiger partial charge is 0.294 e. The third-order valence-corrected chi connectivity index (χ3v) is 7.58. The number of hydrogen-bond donors (Lipinski definition) is 1. The lowest BCUT2D eigenvalue weighted by Gasteiger charge is -2.27. The van der Waals surface area contributed by atoms with Gasteiger partial charge in [-0.05, 0) is 42.8 Å². The highest BCUT2D eigenvalue weighted by Crippen LogP contribution is 2.44. The SMILES string of the molecule is COc1ccc(N2C(=O)C(O)=C(C(=O)c3sc(-c4ccccc4)nc3C)C2c2ccc(F)cc2)cc1Cl. The summed E-state index contributed by atoms with van der Waals surface area (Å²) in [7, 11) is 1.47. The number of nitrogens with zero attached hydrogens (tertiary/aromatic N) is 2. The molecule has 1 aliphatic rings. The lowest BCUT2D eigenvalue weighted by atomic mass is 9.94. The van der Waals surface area contributed by atoms with E-state index in [2.05, 4.69) is 4.98 Å². The maximum atomic E-state index is 13.9. The van der Waals surface area contributed by atoms with Crippen molar-refractivity contribution in [1.82, 2.24) is 4.98 Å². The minimum absolute atomic E-state index is 0.116. The second-order valence-electron chi connectivity index (χ2n) is 8.34. The summed E-state index contributed by atoms with van der Waals surface area (Å²) in [6, 6.07) is 18.5. The monoisotopic (exact) mass is 534 g/mol. The van der Waals surface area contributed by atoms with Gasteiger partial charge < -0.3 is 9.84 Å². The number of anilines is 1. The maximum Gasteiger partial charge on any atom is 0.294 e. The minimum atomic E-state index is -1.02. The van der Waals surface area contributed by atoms with Crippen molar-refractivity contribution in [3.05, 3.63) is 111 Å². The molecule has 0 saturated heterocycles. The van der Waals surface area contributed by atoms with Crippen molar-refractivity contribution in [2.45, 2.75) is 13.0 Å². The number of aliphatic hydroxyl groups excluding tert-OH is 1. The van der Waals surface area contributed by atoms with E-state index in [0.29, 0.717) is 32.6 Å². The number of halogens is 2. The quantitative estimate of drug-likeness (QED) is 0.278. The number of hydrogen-bond acceptors (Lipinski definition) is 6. The second-order valence-corrected chi connectivity index (χ2v) is 9.75. The number of ketones is 1. The molecule has 3 aromatic carbocycles. The first-order chi connectivity index (χ1) is 17.8. The van der Waals surface area contributed by atoms with Crippen LogP contribution in [0.25, 0.3) is 10.6 Å². The van der Waals surface area contributed by atoms with Gasteiger partial charge in [0.1, 0.15) is 16.6 Å². The number of aromatic nitrogens is 1. The molecule has 0 aliphatic carbocycles. The molecule has 0 radical (unpaired) electrons. The van der Waals surface area contributed by atoms with Crippen LogP contribution in [0.1, 0.15) is 27.0 Å². The Balaban J connectivity index is 1.63. The highest BCUT2D eigenvalue weighted by Gasteiger charge is 2.45. The van der Waals surface area contributed by atoms with Gasteiger partial charge in [0.05, 0.1) is 34.3 Å². The fraction of sp³-hybridized carbons (Fsp3) is 0.107. The zero-order valence-electron chi connectivity index (χ0n) is 19.7. The summed E-state index contributed by atoms with van der Waals surface area (Å²) >= 11 is 7.50. The second kappa shape index (κ2) is 9.80. The normalized spacial score (nSPS) is 15.4. The Hall–Kier alpha value is -4.01. The van der Waals surface area contributed by atoms with Crippen molar-refractivity contribution in [1.29, 1.82) is 0 Å². The molecule has 5 rings (SSSR count). The number of carbonyl (C=O) groups excluding carboxylic acids is 2. The number of carbonyl (C=O) groups is 2. The minimum Gasteiger partial charge on any atom is -0.503 e. The molecule has 0 saturated carbocycles. The van der Waals surface area contributed by atoms with Crippen LogP contribution in [-0.4, -0.2) is 28.9 Å². The average molecular weight is 535 g/mol. The van der Waals surface area contributed by atoms with E-state index in [4.69, 9.17) is 16.3 Å². The van der Waals surface area contributed by atoms with Gasteiger partial charge >= 0.3 is 0 Å². The van der Waals surface area contributed by atoms with Crippen molar-refractivity contribution in [2.24, 2.45) is 0 Å². The molecule has 1 aromatic heterocycles. The summed E-state index contributed by atoms with van der Waals surface area (Å²) < 4.78 is 19.0. The van der Waals surface area contributed by atoms with Gasteiger partial charge in [-0.15, -0.1) is 11.3 Å². The number of ether oxygens (including phenoxy) is 1. The van der Waals surface area contributed by atoms with Crippen LogP contribution >= 0.6 is 22.9 Å². The van der Waals surface area contributed by atoms with Gasteiger partial charge in [0.25, 0.3) is 5.91 Å². The van der Waals surface area contributed by atoms with Crippen LogP contribution in [0.4, 0.5) is 10.1 Å². The Bertz CT molecular complexity index is 1550. The van der Waals surface area contributed by atoms with Crippen molar-refractivity contribution < 1.29 is 23.8 Å². The maximum absolute atomic E-state index is 13.9. The summed E-state index contributed by atoms with van der Waals surface area (Å²) in [5.74, 6) is -2.05. The largest absolute Gasteiger partial charge is 0.503 e. The summed E-state index contributed by atoms with van der Waals surface area (Å²) in [5.41, 5.74) is 1.99. The summed E-state index contributed by atoms with van der Waals surface area (Å²) in [6.07, 6.45) is 0. The molecule has 1 unspecified atom stereocenters. The Morgan fingerprint density at radius 3 is 2.46 bits per heavy atom. The standard InChI is InChI=1S/C28H20ClFN2O4S/c1-15-26(37-27(31-15)17-6-4-3-5-7-17)24(33)22-23(16-8-10-18(30)11-9-16)32(28(35)25(22)34)19-12-13-21(36-2)20(29)14-19/h3-14,23,34H,1-2H3. The van der Waals surface area contributed by atoms with Crippen LogP contribution in [0.5, 0.6) is 5.75 Å². The zero-order valence-corrected chi connectivity index (χ0v) is 21.3. The van der Waals surface area contributed by atoms with E-state index in [1.54, 1.807) is 19.1 Å². The number of rotatable bonds is 6. The first kappa shape index (κ1) is 24.7. The molecular weight excluding hydrogens is 515 g/mol. The van der Waals surface area contributed by atoms with Gasteiger partial charge in [-0.2, -0.15) is 0 Å². The molecular formula is C28H20ClFN2O4S. The Kier molecular flexibility index (Phi) is 6.54. The molecule has 1 N–H and O–H groups in total. The average Bonchev–Trinajstić information content (AvgIpc) is 3.42. The van der Waals surface area contributed by atoms with Gasteiger partial charge in [-0.25, -0.2) is 9.37 Å². The van der Waals surface area contributed by atoms with Gasteiger partial charge in [-0.3, -0.25) is 14.5 Å². The lowest BCUT2D eigenvalue weighted by Crippen LogP contribution is -2.31. The van der Waals surface area contributed by atoms with Gasteiger partial charge in [0.15, 0.2) is 5.76 Å². The van der Waals surface area contributed by atoms with Gasteiger partial charge in [-0.1, -0.05) is 54.1 Å². The van der Waals surface area contributed by atoms with E-state index in [0.717, 1.165) is 5.56 Å². The molecule has 0 bridgehead atoms. The van der Waals surface area contributed by atoms with Crippen LogP contribution in [0, 0.1) is 12.7 Å². The summed E-state index contributed by atoms with van der Waals surface area (Å²) in [6.45, 7) is 1.71. The van der Waals surface area contributed by atoms with Crippen molar-refractivity contribution in [3.63, 3.8) is 0 Å². The van der Waals surface area contributed by atoms with E-state index >= 15 is 0 Å². The van der Waals surface area contributed by atoms with Crippen molar-refractivity contribution in [2.75, 3.05) is 12.0 Å². The molecule has 4 aromatic rings. The highest BCUT2D eigenvalue weighted by atomic mass is 35.5. The van der Waals surface area contributed by atoms with Crippen LogP contribution in [0.15, 0.2) is 84.1 Å². The van der Waals surface area contributed by atoms with E-state index in [1.165, 1.54) is 53.7 Å². The number of Topliss-reactive ketones (excluding diaryl/α,β-unsaturated/α-hetero) is 1. The van der Waals surface area contributed by atoms with Crippen LogP contribution in [0.2, 0.25) is 5.02 Å². The molecule has 2 heterocycles. The fourth-order valence-electron chi connectivity index (χ4n) is 4.30.